The van der Waals surface area contributed by atoms with E-state index in [2.05, 4.69) is 10.6 Å². The fourth-order valence-corrected chi connectivity index (χ4v) is 4.90. The third-order valence-corrected chi connectivity index (χ3v) is 6.90. The largest absolute Gasteiger partial charge is 0.444 e. The van der Waals surface area contributed by atoms with Crippen molar-refractivity contribution in [3.8, 4) is 0 Å². The standard InChI is InChI=1S/C37H49N3O6/c1-36(2,3)45-34(43)38-30(22-27-16-10-7-11-17-27)32(41)25-40(24-29-20-14-9-15-21-29)26-33(42)31(23-28-18-12-8-13-19-28)39-35(44)46-37(4,5)6/h7-21,30-32,41H,22-26H2,1-6H3,(H,38,43)(H,39,44)/t30-,31-,32?/m0/s1. The average molecular weight is 632 g/mol. The van der Waals surface area contributed by atoms with Crippen LogP contribution in [-0.4, -0.2) is 70.5 Å². The number of amides is 2. The lowest BCUT2D eigenvalue weighted by Gasteiger charge is -2.31. The number of carbonyl (C=O) groups excluding carboxylic acids is 3. The molecule has 1 unspecified atom stereocenters. The van der Waals surface area contributed by atoms with E-state index >= 15 is 0 Å². The smallest absolute Gasteiger partial charge is 0.408 e. The van der Waals surface area contributed by atoms with Crippen LogP contribution in [0.5, 0.6) is 0 Å². The van der Waals surface area contributed by atoms with Gasteiger partial charge in [-0.05, 0) is 71.1 Å². The molecule has 3 aromatic rings. The van der Waals surface area contributed by atoms with Gasteiger partial charge in [0.15, 0.2) is 5.78 Å². The minimum absolute atomic E-state index is 0.0657. The highest BCUT2D eigenvalue weighted by molar-refractivity contribution is 5.89. The normalized spacial score (nSPS) is 13.7. The summed E-state index contributed by atoms with van der Waals surface area (Å²) < 4.78 is 11.0. The summed E-state index contributed by atoms with van der Waals surface area (Å²) >= 11 is 0. The van der Waals surface area contributed by atoms with Crippen LogP contribution in [0.4, 0.5) is 9.59 Å². The van der Waals surface area contributed by atoms with Gasteiger partial charge in [-0.15, -0.1) is 0 Å². The number of aliphatic hydroxyl groups excluding tert-OH is 1. The first-order valence-corrected chi connectivity index (χ1v) is 15.7. The second-order valence-electron chi connectivity index (χ2n) is 13.5. The summed E-state index contributed by atoms with van der Waals surface area (Å²) in [5, 5.41) is 17.2. The summed E-state index contributed by atoms with van der Waals surface area (Å²) in [6.07, 6.45) is -1.75. The summed E-state index contributed by atoms with van der Waals surface area (Å²) in [6, 6.07) is 27.1. The minimum atomic E-state index is -1.06. The van der Waals surface area contributed by atoms with Gasteiger partial charge in [0.1, 0.15) is 11.2 Å². The maximum atomic E-state index is 13.9. The van der Waals surface area contributed by atoms with Gasteiger partial charge in [0.25, 0.3) is 0 Å². The fourth-order valence-electron chi connectivity index (χ4n) is 4.90. The first-order chi connectivity index (χ1) is 21.7. The molecule has 9 nitrogen and oxygen atoms in total. The number of ketones is 1. The van der Waals surface area contributed by atoms with Crippen molar-refractivity contribution in [3.05, 3.63) is 108 Å². The summed E-state index contributed by atoms with van der Waals surface area (Å²) in [6.45, 7) is 11.0. The number of Topliss-reactive ketones (excluding diaryl/α,β-unsaturated/α-hetero) is 1. The SMILES string of the molecule is CC(C)(C)OC(=O)N[C@@H](Cc1ccccc1)C(=O)CN(Cc1ccccc1)CC(O)[C@H](Cc1ccccc1)NC(=O)OC(C)(C)C. The Morgan fingerprint density at radius 3 is 1.59 bits per heavy atom. The highest BCUT2D eigenvalue weighted by Gasteiger charge is 2.30. The zero-order valence-electron chi connectivity index (χ0n) is 27.9. The van der Waals surface area contributed by atoms with Gasteiger partial charge in [0.2, 0.25) is 0 Å². The molecule has 9 heteroatoms. The monoisotopic (exact) mass is 631 g/mol. The van der Waals surface area contributed by atoms with Crippen LogP contribution in [0, 0.1) is 0 Å². The Morgan fingerprint density at radius 2 is 1.11 bits per heavy atom. The van der Waals surface area contributed by atoms with Gasteiger partial charge in [0.05, 0.1) is 24.7 Å². The van der Waals surface area contributed by atoms with Crippen LogP contribution in [0.2, 0.25) is 0 Å². The molecule has 0 saturated carbocycles. The van der Waals surface area contributed by atoms with E-state index < -0.39 is 41.6 Å². The van der Waals surface area contributed by atoms with Crippen LogP contribution in [0.3, 0.4) is 0 Å². The lowest BCUT2D eigenvalue weighted by molar-refractivity contribution is -0.122. The molecule has 0 aliphatic heterocycles. The van der Waals surface area contributed by atoms with E-state index in [1.807, 2.05) is 95.9 Å². The average Bonchev–Trinajstić information content (AvgIpc) is 2.96. The maximum Gasteiger partial charge on any atom is 0.408 e. The van der Waals surface area contributed by atoms with Gasteiger partial charge < -0.3 is 25.2 Å². The molecule has 0 radical (unpaired) electrons. The summed E-state index contributed by atoms with van der Waals surface area (Å²) in [5.41, 5.74) is 1.31. The molecule has 0 heterocycles. The van der Waals surface area contributed by atoms with Gasteiger partial charge in [-0.25, -0.2) is 9.59 Å². The fraction of sp³-hybridized carbons (Fsp3) is 0.432. The molecular weight excluding hydrogens is 582 g/mol. The summed E-state index contributed by atoms with van der Waals surface area (Å²) in [7, 11) is 0. The van der Waals surface area contributed by atoms with E-state index in [-0.39, 0.29) is 25.3 Å². The van der Waals surface area contributed by atoms with E-state index in [0.717, 1.165) is 16.7 Å². The number of hydrogen-bond donors (Lipinski definition) is 3. The lowest BCUT2D eigenvalue weighted by Crippen LogP contribution is -2.52. The molecule has 3 N–H and O–H groups in total. The Labute approximate surface area is 273 Å². The van der Waals surface area contributed by atoms with E-state index in [9.17, 15) is 19.5 Å². The highest BCUT2D eigenvalue weighted by atomic mass is 16.6. The van der Waals surface area contributed by atoms with Crippen molar-refractivity contribution in [3.63, 3.8) is 0 Å². The lowest BCUT2D eigenvalue weighted by atomic mass is 9.99. The molecule has 3 atom stereocenters. The zero-order chi connectivity index (χ0) is 33.7. The van der Waals surface area contributed by atoms with Crippen molar-refractivity contribution in [2.24, 2.45) is 0 Å². The molecule has 248 valence electrons. The van der Waals surface area contributed by atoms with Crippen molar-refractivity contribution in [1.29, 1.82) is 0 Å². The first kappa shape index (κ1) is 36.3. The quantitative estimate of drug-likeness (QED) is 0.209. The van der Waals surface area contributed by atoms with Crippen LogP contribution in [0.15, 0.2) is 91.0 Å². The first-order valence-electron chi connectivity index (χ1n) is 15.7. The third kappa shape index (κ3) is 13.8. The van der Waals surface area contributed by atoms with Gasteiger partial charge in [-0.2, -0.15) is 0 Å². The molecule has 0 saturated heterocycles. The van der Waals surface area contributed by atoms with Gasteiger partial charge in [-0.3, -0.25) is 9.69 Å². The van der Waals surface area contributed by atoms with Crippen LogP contribution in [0.1, 0.15) is 58.2 Å². The Balaban J connectivity index is 1.86. The van der Waals surface area contributed by atoms with Crippen LogP contribution in [0.25, 0.3) is 0 Å². The Kier molecular flexibility index (Phi) is 13.3. The molecule has 0 fully saturated rings. The van der Waals surface area contributed by atoms with E-state index in [1.54, 1.807) is 41.5 Å². The van der Waals surface area contributed by atoms with Crippen molar-refractivity contribution >= 4 is 18.0 Å². The molecule has 0 aliphatic rings. The number of aliphatic hydroxyl groups is 1. The number of nitrogens with zero attached hydrogens (tertiary/aromatic N) is 1. The molecule has 2 amide bonds. The third-order valence-electron chi connectivity index (χ3n) is 6.90. The molecule has 46 heavy (non-hydrogen) atoms. The molecular formula is C37H49N3O6. The number of hydrogen-bond acceptors (Lipinski definition) is 7. The van der Waals surface area contributed by atoms with Gasteiger partial charge >= 0.3 is 12.2 Å². The highest BCUT2D eigenvalue weighted by Crippen LogP contribution is 2.15. The summed E-state index contributed by atoms with van der Waals surface area (Å²) in [4.78, 5) is 41.4. The second-order valence-corrected chi connectivity index (χ2v) is 13.5. The maximum absolute atomic E-state index is 13.9. The van der Waals surface area contributed by atoms with E-state index in [0.29, 0.717) is 13.0 Å². The summed E-state index contributed by atoms with van der Waals surface area (Å²) in [5.74, 6) is -0.238. The molecule has 3 rings (SSSR count). The number of rotatable bonds is 14. The Bertz CT molecular complexity index is 1370. The predicted molar refractivity (Wildman–Crippen MR) is 179 cm³/mol. The van der Waals surface area contributed by atoms with E-state index in [1.165, 1.54) is 0 Å². The van der Waals surface area contributed by atoms with Crippen molar-refractivity contribution < 1.29 is 29.0 Å². The topological polar surface area (TPSA) is 117 Å². The van der Waals surface area contributed by atoms with Crippen molar-refractivity contribution in [1.82, 2.24) is 15.5 Å². The Hall–Kier alpha value is -4.21. The van der Waals surface area contributed by atoms with Crippen molar-refractivity contribution in [2.75, 3.05) is 13.1 Å². The second kappa shape index (κ2) is 16.9. The minimum Gasteiger partial charge on any atom is -0.444 e. The molecule has 0 spiro atoms. The number of alkyl carbamates (subject to hydrolysis) is 2. The number of benzene rings is 3. The van der Waals surface area contributed by atoms with Crippen molar-refractivity contribution in [2.45, 2.75) is 90.3 Å². The Morgan fingerprint density at radius 1 is 0.674 bits per heavy atom. The number of ether oxygens (including phenoxy) is 2. The molecule has 3 aromatic carbocycles. The molecule has 0 bridgehead atoms. The van der Waals surface area contributed by atoms with Crippen LogP contribution < -0.4 is 10.6 Å². The van der Waals surface area contributed by atoms with E-state index in [4.69, 9.17) is 9.47 Å². The number of nitrogens with one attached hydrogen (secondary N) is 2. The zero-order valence-corrected chi connectivity index (χ0v) is 27.9. The van der Waals surface area contributed by atoms with Crippen LogP contribution in [-0.2, 0) is 33.7 Å². The number of carbonyl (C=O) groups is 3. The van der Waals surface area contributed by atoms with Gasteiger partial charge in [0, 0.05) is 13.1 Å². The van der Waals surface area contributed by atoms with Gasteiger partial charge in [-0.1, -0.05) is 91.0 Å². The van der Waals surface area contributed by atoms with Crippen LogP contribution >= 0.6 is 0 Å². The predicted octanol–water partition coefficient (Wildman–Crippen LogP) is 5.69. The molecule has 0 aromatic heterocycles. The molecule has 0 aliphatic carbocycles.